The first-order valence-electron chi connectivity index (χ1n) is 4.45. The molecular weight excluding hydrogens is 216 g/mol. The fourth-order valence-corrected chi connectivity index (χ4v) is 1.01. The van der Waals surface area contributed by atoms with E-state index in [1.165, 1.54) is 19.2 Å². The van der Waals surface area contributed by atoms with Gasteiger partial charge in [-0.2, -0.15) is 0 Å². The molecule has 1 heterocycles. The maximum Gasteiger partial charge on any atom is 0.337 e. The van der Waals surface area contributed by atoms with Crippen molar-refractivity contribution >= 4 is 5.97 Å². The number of carboxylic acids is 1. The third-order valence-corrected chi connectivity index (χ3v) is 1.97. The zero-order chi connectivity index (χ0) is 12.3. The number of hydrogen-bond acceptors (Lipinski definition) is 5. The van der Waals surface area contributed by atoms with Crippen LogP contribution in [0.4, 0.5) is 0 Å². The fourth-order valence-electron chi connectivity index (χ4n) is 1.01. The Kier molecular flexibility index (Phi) is 3.28. The lowest BCUT2D eigenvalue weighted by Gasteiger charge is -2.18. The highest BCUT2D eigenvalue weighted by atomic mass is 16.5. The van der Waals surface area contributed by atoms with E-state index in [9.17, 15) is 14.7 Å². The quantitative estimate of drug-likeness (QED) is 0.691. The van der Waals surface area contributed by atoms with E-state index in [0.29, 0.717) is 0 Å². The predicted molar refractivity (Wildman–Crippen MR) is 53.3 cm³/mol. The Labute approximate surface area is 90.9 Å². The number of aliphatic hydroxyl groups is 1. The molecule has 0 aliphatic carbocycles. The fraction of sp³-hybridized carbons (Fsp3) is 0.444. The Morgan fingerprint density at radius 1 is 1.62 bits per heavy atom. The van der Waals surface area contributed by atoms with Gasteiger partial charge in [-0.1, -0.05) is 0 Å². The third-order valence-electron chi connectivity index (χ3n) is 1.97. The molecule has 0 saturated heterocycles. The van der Waals surface area contributed by atoms with Crippen molar-refractivity contribution in [1.29, 1.82) is 0 Å². The number of hydrogen-bond donors (Lipinski definition) is 2. The van der Waals surface area contributed by atoms with Gasteiger partial charge in [0.25, 0.3) is 5.56 Å². The van der Waals surface area contributed by atoms with Gasteiger partial charge < -0.3 is 14.9 Å². The summed E-state index contributed by atoms with van der Waals surface area (Å²) < 4.78 is 5.63. The SMILES string of the molecule is COc1ccc(=O)n(CC(C)(O)C(=O)O)n1. The van der Waals surface area contributed by atoms with E-state index in [1.54, 1.807) is 0 Å². The van der Waals surface area contributed by atoms with Gasteiger partial charge in [0.1, 0.15) is 0 Å². The van der Waals surface area contributed by atoms with Crippen molar-refractivity contribution in [2.75, 3.05) is 7.11 Å². The van der Waals surface area contributed by atoms with Crippen molar-refractivity contribution in [1.82, 2.24) is 9.78 Å². The molecule has 0 saturated carbocycles. The highest BCUT2D eigenvalue weighted by Gasteiger charge is 2.31. The number of methoxy groups -OCH3 is 1. The Bertz CT molecular complexity index is 451. The lowest BCUT2D eigenvalue weighted by Crippen LogP contribution is -2.42. The van der Waals surface area contributed by atoms with Crippen LogP contribution in [-0.4, -0.2) is 38.7 Å². The summed E-state index contributed by atoms with van der Waals surface area (Å²) in [6.07, 6.45) is 0. The number of aliphatic carboxylic acids is 1. The molecule has 0 aliphatic heterocycles. The smallest absolute Gasteiger partial charge is 0.337 e. The number of aromatic nitrogens is 2. The van der Waals surface area contributed by atoms with E-state index >= 15 is 0 Å². The van der Waals surface area contributed by atoms with E-state index < -0.39 is 23.7 Å². The molecule has 0 radical (unpaired) electrons. The molecule has 16 heavy (non-hydrogen) atoms. The number of nitrogens with zero attached hydrogens (tertiary/aromatic N) is 2. The number of rotatable bonds is 4. The molecule has 1 aromatic heterocycles. The first-order valence-corrected chi connectivity index (χ1v) is 4.45. The Hall–Kier alpha value is -1.89. The predicted octanol–water partition coefficient (Wildman–Crippen LogP) is -0.913. The summed E-state index contributed by atoms with van der Waals surface area (Å²) in [5.41, 5.74) is -2.56. The molecule has 7 nitrogen and oxygen atoms in total. The zero-order valence-corrected chi connectivity index (χ0v) is 8.88. The Morgan fingerprint density at radius 3 is 2.75 bits per heavy atom. The lowest BCUT2D eigenvalue weighted by molar-refractivity contribution is -0.158. The molecule has 0 amide bonds. The second kappa shape index (κ2) is 4.31. The van der Waals surface area contributed by atoms with Crippen LogP contribution in [0.1, 0.15) is 6.92 Å². The van der Waals surface area contributed by atoms with Gasteiger partial charge in [0.15, 0.2) is 5.60 Å². The average molecular weight is 228 g/mol. The molecule has 0 spiro atoms. The van der Waals surface area contributed by atoms with Crippen LogP contribution in [0.5, 0.6) is 5.88 Å². The van der Waals surface area contributed by atoms with Crippen LogP contribution in [0, 0.1) is 0 Å². The number of carboxylic acid groups (broad SMARTS) is 1. The molecule has 2 N–H and O–H groups in total. The molecule has 0 fully saturated rings. The molecule has 88 valence electrons. The summed E-state index contributed by atoms with van der Waals surface area (Å²) in [6.45, 7) is 0.640. The van der Waals surface area contributed by atoms with Gasteiger partial charge in [-0.3, -0.25) is 4.79 Å². The minimum Gasteiger partial charge on any atom is -0.480 e. The van der Waals surface area contributed by atoms with Crippen molar-refractivity contribution in [3.63, 3.8) is 0 Å². The summed E-state index contributed by atoms with van der Waals surface area (Å²) in [7, 11) is 1.37. The van der Waals surface area contributed by atoms with Crippen LogP contribution in [0.2, 0.25) is 0 Å². The molecule has 0 aromatic carbocycles. The highest BCUT2D eigenvalue weighted by Crippen LogP contribution is 2.07. The van der Waals surface area contributed by atoms with Crippen LogP contribution in [0.3, 0.4) is 0 Å². The van der Waals surface area contributed by atoms with E-state index in [2.05, 4.69) is 5.10 Å². The summed E-state index contributed by atoms with van der Waals surface area (Å²) in [5.74, 6) is -1.26. The molecule has 1 unspecified atom stereocenters. The highest BCUT2D eigenvalue weighted by molar-refractivity contribution is 5.76. The molecule has 1 aromatic rings. The van der Waals surface area contributed by atoms with Crippen LogP contribution in [-0.2, 0) is 11.3 Å². The van der Waals surface area contributed by atoms with Crippen molar-refractivity contribution in [3.8, 4) is 5.88 Å². The molecule has 0 aliphatic rings. The minimum absolute atomic E-state index is 0.167. The van der Waals surface area contributed by atoms with Crippen LogP contribution in [0.25, 0.3) is 0 Å². The van der Waals surface area contributed by atoms with Crippen LogP contribution in [0.15, 0.2) is 16.9 Å². The van der Waals surface area contributed by atoms with Gasteiger partial charge in [0, 0.05) is 12.1 Å². The third kappa shape index (κ3) is 2.57. The van der Waals surface area contributed by atoms with E-state index in [0.717, 1.165) is 11.6 Å². The van der Waals surface area contributed by atoms with E-state index in [1.807, 2.05) is 0 Å². The van der Waals surface area contributed by atoms with Crippen molar-refractivity contribution in [2.45, 2.75) is 19.1 Å². The first-order chi connectivity index (χ1) is 7.36. The van der Waals surface area contributed by atoms with Gasteiger partial charge in [0.2, 0.25) is 5.88 Å². The van der Waals surface area contributed by atoms with Gasteiger partial charge in [-0.25, -0.2) is 9.48 Å². The molecular formula is C9H12N2O5. The summed E-state index contributed by atoms with van der Waals surface area (Å²) in [6, 6.07) is 2.54. The van der Waals surface area contributed by atoms with Crippen LogP contribution < -0.4 is 10.3 Å². The van der Waals surface area contributed by atoms with Crippen molar-refractivity contribution in [2.24, 2.45) is 0 Å². The first kappa shape index (κ1) is 12.2. The molecule has 0 bridgehead atoms. The Morgan fingerprint density at radius 2 is 2.25 bits per heavy atom. The maximum atomic E-state index is 11.3. The molecule has 7 heteroatoms. The summed E-state index contributed by atoms with van der Waals surface area (Å²) in [5, 5.41) is 21.9. The largest absolute Gasteiger partial charge is 0.480 e. The number of carbonyl (C=O) groups is 1. The van der Waals surface area contributed by atoms with Crippen molar-refractivity contribution < 1.29 is 19.7 Å². The van der Waals surface area contributed by atoms with Gasteiger partial charge in [0.05, 0.1) is 13.7 Å². The van der Waals surface area contributed by atoms with Gasteiger partial charge in [-0.05, 0) is 6.92 Å². The maximum absolute atomic E-state index is 11.3. The summed E-state index contributed by atoms with van der Waals surface area (Å²) in [4.78, 5) is 22.0. The van der Waals surface area contributed by atoms with Gasteiger partial charge >= 0.3 is 5.97 Å². The van der Waals surface area contributed by atoms with Crippen LogP contribution >= 0.6 is 0 Å². The normalized spacial score (nSPS) is 14.2. The minimum atomic E-state index is -2.05. The lowest BCUT2D eigenvalue weighted by atomic mass is 10.1. The number of ether oxygens (including phenoxy) is 1. The van der Waals surface area contributed by atoms with Crippen molar-refractivity contribution in [3.05, 3.63) is 22.5 Å². The second-order valence-electron chi connectivity index (χ2n) is 3.45. The molecule has 1 atom stereocenters. The monoisotopic (exact) mass is 228 g/mol. The van der Waals surface area contributed by atoms with E-state index in [-0.39, 0.29) is 5.88 Å². The molecule has 1 rings (SSSR count). The topological polar surface area (TPSA) is 102 Å². The van der Waals surface area contributed by atoms with E-state index in [4.69, 9.17) is 9.84 Å². The average Bonchev–Trinajstić information content (AvgIpc) is 2.21. The Balaban J connectivity index is 3.05. The van der Waals surface area contributed by atoms with Gasteiger partial charge in [-0.15, -0.1) is 5.10 Å². The summed E-state index contributed by atoms with van der Waals surface area (Å²) >= 11 is 0. The standard InChI is InChI=1S/C9H12N2O5/c1-9(15,8(13)14)5-11-7(12)4-3-6(10-11)16-2/h3-4,15H,5H2,1-2H3,(H,13,14). The second-order valence-corrected chi connectivity index (χ2v) is 3.45. The zero-order valence-electron chi connectivity index (χ0n) is 8.88.